The monoisotopic (exact) mass is 394 g/mol. The summed E-state index contributed by atoms with van der Waals surface area (Å²) in [7, 11) is 1.45. The van der Waals surface area contributed by atoms with E-state index in [1.165, 1.54) is 49.8 Å². The Bertz CT molecular complexity index is 1120. The van der Waals surface area contributed by atoms with E-state index >= 15 is 4.39 Å². The summed E-state index contributed by atoms with van der Waals surface area (Å²) in [5.41, 5.74) is 5.51. The highest BCUT2D eigenvalue weighted by Crippen LogP contribution is 2.41. The lowest BCUT2D eigenvalue weighted by atomic mass is 9.81. The molecule has 4 rings (SSSR count). The van der Waals surface area contributed by atoms with Crippen molar-refractivity contribution in [2.45, 2.75) is 12.2 Å². The standard InChI is InChI=1S/C20H16F2N6O/c1-28-18(29)20(26-19(28)23,13-6-8-24-14(10-13)11-21)15-9-12(4-5-16(15)22)17-3-2-7-25-27-17/h2-10H,11H2,1H3,(H2,23,26). The highest BCUT2D eigenvalue weighted by Gasteiger charge is 2.51. The minimum Gasteiger partial charge on any atom is -0.369 e. The molecule has 3 aromatic rings. The largest absolute Gasteiger partial charge is 0.369 e. The van der Waals surface area contributed by atoms with E-state index in [2.05, 4.69) is 20.2 Å². The number of benzene rings is 1. The highest BCUT2D eigenvalue weighted by atomic mass is 19.1. The number of nitrogens with two attached hydrogens (primary N) is 1. The lowest BCUT2D eigenvalue weighted by molar-refractivity contribution is -0.129. The maximum atomic E-state index is 15.1. The van der Waals surface area contributed by atoms with Gasteiger partial charge in [0.1, 0.15) is 12.5 Å². The van der Waals surface area contributed by atoms with Crippen LogP contribution in [0.15, 0.2) is 59.9 Å². The van der Waals surface area contributed by atoms with E-state index in [-0.39, 0.29) is 22.8 Å². The van der Waals surface area contributed by atoms with Crippen LogP contribution in [0.25, 0.3) is 11.3 Å². The van der Waals surface area contributed by atoms with Gasteiger partial charge in [-0.3, -0.25) is 14.7 Å². The number of carbonyl (C=O) groups excluding carboxylic acids is 1. The summed E-state index contributed by atoms with van der Waals surface area (Å²) in [6.45, 7) is -0.838. The van der Waals surface area contributed by atoms with Crippen LogP contribution >= 0.6 is 0 Å². The number of aliphatic imine (C=N–C) groups is 1. The molecule has 0 saturated carbocycles. The maximum absolute atomic E-state index is 15.1. The number of amides is 1. The van der Waals surface area contributed by atoms with Crippen LogP contribution in [0.2, 0.25) is 0 Å². The number of aromatic nitrogens is 3. The number of rotatable bonds is 4. The van der Waals surface area contributed by atoms with Crippen LogP contribution in [-0.4, -0.2) is 39.0 Å². The Morgan fingerprint density at radius 1 is 1.17 bits per heavy atom. The molecule has 1 atom stereocenters. The van der Waals surface area contributed by atoms with Crippen molar-refractivity contribution >= 4 is 11.9 Å². The average molecular weight is 394 g/mol. The molecule has 0 spiro atoms. The fraction of sp³-hybridized carbons (Fsp3) is 0.150. The fourth-order valence-corrected chi connectivity index (χ4v) is 3.35. The topological polar surface area (TPSA) is 97.4 Å². The molecule has 1 unspecified atom stereocenters. The van der Waals surface area contributed by atoms with E-state index in [0.29, 0.717) is 11.3 Å². The third kappa shape index (κ3) is 2.91. The Morgan fingerprint density at radius 3 is 2.66 bits per heavy atom. The molecule has 0 saturated heterocycles. The molecule has 1 amide bonds. The number of guanidine groups is 1. The van der Waals surface area contributed by atoms with E-state index in [1.54, 1.807) is 12.1 Å². The predicted octanol–water partition coefficient (Wildman–Crippen LogP) is 2.18. The SMILES string of the molecule is CN1C(=O)C(c2ccnc(CF)c2)(c2cc(-c3cccnn3)ccc2F)N=C1N. The number of nitrogens with zero attached hydrogens (tertiary/aromatic N) is 5. The summed E-state index contributed by atoms with van der Waals surface area (Å²) in [5.74, 6) is -1.28. The third-order valence-corrected chi connectivity index (χ3v) is 4.84. The second kappa shape index (κ2) is 7.01. The fourth-order valence-electron chi connectivity index (χ4n) is 3.35. The van der Waals surface area contributed by atoms with E-state index in [9.17, 15) is 9.18 Å². The first-order valence-electron chi connectivity index (χ1n) is 8.70. The number of carbonyl (C=O) groups is 1. The lowest BCUT2D eigenvalue weighted by Gasteiger charge is -2.27. The molecule has 2 aromatic heterocycles. The van der Waals surface area contributed by atoms with Gasteiger partial charge in [0, 0.05) is 30.6 Å². The molecule has 1 aliphatic heterocycles. The molecule has 7 nitrogen and oxygen atoms in total. The normalized spacial score (nSPS) is 18.8. The van der Waals surface area contributed by atoms with E-state index < -0.39 is 23.9 Å². The summed E-state index contributed by atoms with van der Waals surface area (Å²) in [6, 6.07) is 10.6. The number of likely N-dealkylation sites (N-methyl/N-ethyl adjacent to an activating group) is 1. The van der Waals surface area contributed by atoms with Gasteiger partial charge in [-0.2, -0.15) is 10.2 Å². The van der Waals surface area contributed by atoms with Crippen LogP contribution in [0.4, 0.5) is 8.78 Å². The van der Waals surface area contributed by atoms with Gasteiger partial charge >= 0.3 is 0 Å². The zero-order chi connectivity index (χ0) is 20.6. The molecular formula is C20H16F2N6O. The maximum Gasteiger partial charge on any atom is 0.266 e. The second-order valence-electron chi connectivity index (χ2n) is 6.52. The van der Waals surface area contributed by atoms with Gasteiger partial charge in [0.05, 0.1) is 11.4 Å². The minimum atomic E-state index is -1.80. The molecule has 0 aliphatic carbocycles. The van der Waals surface area contributed by atoms with E-state index in [1.807, 2.05) is 0 Å². The van der Waals surface area contributed by atoms with Gasteiger partial charge < -0.3 is 5.73 Å². The number of hydrogen-bond donors (Lipinski definition) is 1. The Labute approximate surface area is 164 Å². The number of hydrogen-bond acceptors (Lipinski definition) is 6. The Balaban J connectivity index is 2.00. The van der Waals surface area contributed by atoms with Gasteiger partial charge in [0.25, 0.3) is 5.91 Å². The number of alkyl halides is 1. The van der Waals surface area contributed by atoms with Gasteiger partial charge in [-0.25, -0.2) is 13.8 Å². The molecule has 0 radical (unpaired) electrons. The minimum absolute atomic E-state index is 0.0195. The number of halogens is 2. The zero-order valence-corrected chi connectivity index (χ0v) is 15.4. The van der Waals surface area contributed by atoms with Crippen molar-refractivity contribution in [3.05, 3.63) is 77.5 Å². The first kappa shape index (κ1) is 18.6. The van der Waals surface area contributed by atoms with Crippen molar-refractivity contribution < 1.29 is 13.6 Å². The molecule has 9 heteroatoms. The van der Waals surface area contributed by atoms with Crippen molar-refractivity contribution in [3.8, 4) is 11.3 Å². The van der Waals surface area contributed by atoms with Gasteiger partial charge in [0.2, 0.25) is 0 Å². The Hall–Kier alpha value is -3.75. The molecule has 1 aliphatic rings. The third-order valence-electron chi connectivity index (χ3n) is 4.84. The Morgan fingerprint density at radius 2 is 2.00 bits per heavy atom. The van der Waals surface area contributed by atoms with Crippen LogP contribution in [0.5, 0.6) is 0 Å². The van der Waals surface area contributed by atoms with Gasteiger partial charge in [-0.05, 0) is 48.0 Å². The first-order valence-corrected chi connectivity index (χ1v) is 8.70. The van der Waals surface area contributed by atoms with Gasteiger partial charge in [-0.15, -0.1) is 0 Å². The zero-order valence-electron chi connectivity index (χ0n) is 15.4. The van der Waals surface area contributed by atoms with Crippen LogP contribution in [0.3, 0.4) is 0 Å². The van der Waals surface area contributed by atoms with Crippen LogP contribution in [-0.2, 0) is 17.0 Å². The van der Waals surface area contributed by atoms with Crippen LogP contribution < -0.4 is 5.73 Å². The van der Waals surface area contributed by atoms with E-state index in [4.69, 9.17) is 5.73 Å². The number of pyridine rings is 1. The smallest absolute Gasteiger partial charge is 0.266 e. The summed E-state index contributed by atoms with van der Waals surface area (Å²) in [6.07, 6.45) is 2.87. The summed E-state index contributed by atoms with van der Waals surface area (Å²) in [5, 5.41) is 7.86. The summed E-state index contributed by atoms with van der Waals surface area (Å²) >= 11 is 0. The van der Waals surface area contributed by atoms with Gasteiger partial charge in [0.15, 0.2) is 11.5 Å². The molecular weight excluding hydrogens is 378 g/mol. The molecule has 3 heterocycles. The molecule has 2 N–H and O–H groups in total. The molecule has 146 valence electrons. The van der Waals surface area contributed by atoms with Crippen molar-refractivity contribution in [3.63, 3.8) is 0 Å². The highest BCUT2D eigenvalue weighted by molar-refractivity contribution is 6.09. The molecule has 0 bridgehead atoms. The average Bonchev–Trinajstić information content (AvgIpc) is 2.99. The van der Waals surface area contributed by atoms with Crippen molar-refractivity contribution in [1.82, 2.24) is 20.1 Å². The van der Waals surface area contributed by atoms with Crippen molar-refractivity contribution in [2.24, 2.45) is 10.7 Å². The predicted molar refractivity (Wildman–Crippen MR) is 102 cm³/mol. The Kier molecular flexibility index (Phi) is 4.50. The van der Waals surface area contributed by atoms with E-state index in [0.717, 1.165) is 4.90 Å². The molecule has 1 aromatic carbocycles. The second-order valence-corrected chi connectivity index (χ2v) is 6.52. The molecule has 0 fully saturated rings. The summed E-state index contributed by atoms with van der Waals surface area (Å²) in [4.78, 5) is 22.7. The lowest BCUT2D eigenvalue weighted by Crippen LogP contribution is -2.41. The van der Waals surface area contributed by atoms with Crippen LogP contribution in [0, 0.1) is 5.82 Å². The first-order chi connectivity index (χ1) is 14.0. The van der Waals surface area contributed by atoms with Crippen LogP contribution in [0.1, 0.15) is 16.8 Å². The van der Waals surface area contributed by atoms with Crippen molar-refractivity contribution in [1.29, 1.82) is 0 Å². The quantitative estimate of drug-likeness (QED) is 0.732. The summed E-state index contributed by atoms with van der Waals surface area (Å²) < 4.78 is 28.3. The molecule has 29 heavy (non-hydrogen) atoms. The van der Waals surface area contributed by atoms with Crippen molar-refractivity contribution in [2.75, 3.05) is 7.05 Å². The van der Waals surface area contributed by atoms with Gasteiger partial charge in [-0.1, -0.05) is 0 Å².